The van der Waals surface area contributed by atoms with Crippen molar-refractivity contribution in [2.75, 3.05) is 13.1 Å². The van der Waals surface area contributed by atoms with Gasteiger partial charge in [0.05, 0.1) is 16.6 Å². The molecule has 0 aliphatic rings. The first-order chi connectivity index (χ1) is 9.91. The van der Waals surface area contributed by atoms with Crippen LogP contribution in [0.25, 0.3) is 10.2 Å². The summed E-state index contributed by atoms with van der Waals surface area (Å²) in [5, 5.41) is 5.79. The number of rotatable bonds is 4. The SMILES string of the molecule is CC(=O)NCCNC(=O)c1sc2ncn(C)c(=O)c2c1C. The minimum absolute atomic E-state index is 0.144. The van der Waals surface area contributed by atoms with E-state index in [0.29, 0.717) is 33.7 Å². The molecule has 2 N–H and O–H groups in total. The van der Waals surface area contributed by atoms with E-state index in [-0.39, 0.29) is 17.4 Å². The highest BCUT2D eigenvalue weighted by Crippen LogP contribution is 2.26. The fourth-order valence-electron chi connectivity index (χ4n) is 1.92. The molecular formula is C13H16N4O3S. The molecule has 0 radical (unpaired) electrons. The molecule has 2 rings (SSSR count). The topological polar surface area (TPSA) is 93.1 Å². The van der Waals surface area contributed by atoms with Crippen molar-refractivity contribution in [3.63, 3.8) is 0 Å². The molecule has 0 bridgehead atoms. The minimum atomic E-state index is -0.261. The number of aromatic nitrogens is 2. The van der Waals surface area contributed by atoms with Crippen LogP contribution in [0.1, 0.15) is 22.2 Å². The first kappa shape index (κ1) is 15.2. The van der Waals surface area contributed by atoms with Crippen molar-refractivity contribution in [3.8, 4) is 0 Å². The smallest absolute Gasteiger partial charge is 0.262 e. The summed E-state index contributed by atoms with van der Waals surface area (Å²) in [6.07, 6.45) is 1.44. The largest absolute Gasteiger partial charge is 0.355 e. The average molecular weight is 308 g/mol. The highest BCUT2D eigenvalue weighted by atomic mass is 32.1. The molecule has 0 saturated carbocycles. The third kappa shape index (κ3) is 3.10. The Morgan fingerprint density at radius 2 is 2.00 bits per heavy atom. The average Bonchev–Trinajstić information content (AvgIpc) is 2.76. The first-order valence-corrected chi connectivity index (χ1v) is 7.21. The maximum atomic E-state index is 12.1. The van der Waals surface area contributed by atoms with Gasteiger partial charge in [-0.15, -0.1) is 11.3 Å². The molecule has 2 amide bonds. The van der Waals surface area contributed by atoms with Gasteiger partial charge in [-0.3, -0.25) is 14.4 Å². The summed E-state index contributed by atoms with van der Waals surface area (Å²) in [5.74, 6) is -0.405. The van der Waals surface area contributed by atoms with Gasteiger partial charge in [-0.2, -0.15) is 0 Å². The summed E-state index contributed by atoms with van der Waals surface area (Å²) in [7, 11) is 1.62. The van der Waals surface area contributed by atoms with E-state index in [1.54, 1.807) is 14.0 Å². The molecule has 2 heterocycles. The zero-order chi connectivity index (χ0) is 15.6. The highest BCUT2D eigenvalue weighted by molar-refractivity contribution is 7.20. The van der Waals surface area contributed by atoms with Gasteiger partial charge in [0.25, 0.3) is 11.5 Å². The number of nitrogens with zero attached hydrogens (tertiary/aromatic N) is 2. The Balaban J connectivity index is 2.21. The van der Waals surface area contributed by atoms with Gasteiger partial charge < -0.3 is 15.2 Å². The lowest BCUT2D eigenvalue weighted by molar-refractivity contribution is -0.118. The number of nitrogens with one attached hydrogen (secondary N) is 2. The Kier molecular flexibility index (Phi) is 4.37. The van der Waals surface area contributed by atoms with Gasteiger partial charge in [-0.1, -0.05) is 0 Å². The van der Waals surface area contributed by atoms with E-state index in [4.69, 9.17) is 0 Å². The second-order valence-electron chi connectivity index (χ2n) is 4.64. The third-order valence-electron chi connectivity index (χ3n) is 3.00. The Bertz CT molecular complexity index is 763. The highest BCUT2D eigenvalue weighted by Gasteiger charge is 2.18. The van der Waals surface area contributed by atoms with Crippen LogP contribution in [0, 0.1) is 6.92 Å². The third-order valence-corrected chi connectivity index (χ3v) is 4.20. The van der Waals surface area contributed by atoms with Gasteiger partial charge >= 0.3 is 0 Å². The molecule has 8 heteroatoms. The first-order valence-electron chi connectivity index (χ1n) is 6.39. The van der Waals surface area contributed by atoms with Gasteiger partial charge in [0, 0.05) is 27.1 Å². The molecule has 0 aliphatic carbocycles. The summed E-state index contributed by atoms with van der Waals surface area (Å²) in [4.78, 5) is 40.1. The predicted molar refractivity (Wildman–Crippen MR) is 80.6 cm³/mol. The maximum Gasteiger partial charge on any atom is 0.262 e. The van der Waals surface area contributed by atoms with Gasteiger partial charge in [-0.05, 0) is 12.5 Å². The van der Waals surface area contributed by atoms with Crippen molar-refractivity contribution in [2.45, 2.75) is 13.8 Å². The summed E-state index contributed by atoms with van der Waals surface area (Å²) >= 11 is 1.20. The number of carbonyl (C=O) groups is 2. The lowest BCUT2D eigenvalue weighted by atomic mass is 10.2. The number of amides is 2. The van der Waals surface area contributed by atoms with Crippen molar-refractivity contribution >= 4 is 33.4 Å². The van der Waals surface area contributed by atoms with Gasteiger partial charge in [-0.25, -0.2) is 4.98 Å². The van der Waals surface area contributed by atoms with Crippen LogP contribution in [0.3, 0.4) is 0 Å². The molecule has 2 aromatic heterocycles. The number of carbonyl (C=O) groups excluding carboxylic acids is 2. The zero-order valence-electron chi connectivity index (χ0n) is 12.0. The van der Waals surface area contributed by atoms with Crippen LogP contribution in [-0.4, -0.2) is 34.5 Å². The Morgan fingerprint density at radius 3 is 2.67 bits per heavy atom. The Labute approximate surface area is 125 Å². The van der Waals surface area contributed by atoms with Crippen LogP contribution >= 0.6 is 11.3 Å². The van der Waals surface area contributed by atoms with E-state index in [1.807, 2.05) is 0 Å². The standard InChI is InChI=1S/C13H16N4O3S/c1-7-9-12(16-6-17(3)13(9)20)21-10(7)11(19)15-5-4-14-8(2)18/h6H,4-5H2,1-3H3,(H,14,18)(H,15,19). The van der Waals surface area contributed by atoms with E-state index in [2.05, 4.69) is 15.6 Å². The molecule has 112 valence electrons. The monoisotopic (exact) mass is 308 g/mol. The van der Waals surface area contributed by atoms with E-state index in [9.17, 15) is 14.4 Å². The van der Waals surface area contributed by atoms with Crippen LogP contribution in [0.2, 0.25) is 0 Å². The molecule has 21 heavy (non-hydrogen) atoms. The fourth-order valence-corrected chi connectivity index (χ4v) is 2.98. The van der Waals surface area contributed by atoms with Gasteiger partial charge in [0.1, 0.15) is 4.83 Å². The number of hydrogen-bond acceptors (Lipinski definition) is 5. The van der Waals surface area contributed by atoms with Crippen LogP contribution < -0.4 is 16.2 Å². The molecule has 2 aromatic rings. The van der Waals surface area contributed by atoms with Crippen LogP contribution in [-0.2, 0) is 11.8 Å². The Morgan fingerprint density at radius 1 is 1.33 bits per heavy atom. The fraction of sp³-hybridized carbons (Fsp3) is 0.385. The molecule has 0 fully saturated rings. The number of thiophene rings is 1. The molecule has 0 aliphatic heterocycles. The summed E-state index contributed by atoms with van der Waals surface area (Å²) in [6, 6.07) is 0. The summed E-state index contributed by atoms with van der Waals surface area (Å²) in [6.45, 7) is 3.85. The number of hydrogen-bond donors (Lipinski definition) is 2. The molecule has 0 spiro atoms. The molecule has 0 aromatic carbocycles. The molecule has 7 nitrogen and oxygen atoms in total. The molecule has 0 atom stereocenters. The summed E-state index contributed by atoms with van der Waals surface area (Å²) in [5.41, 5.74) is 0.478. The number of aryl methyl sites for hydroxylation is 2. The second kappa shape index (κ2) is 6.04. The minimum Gasteiger partial charge on any atom is -0.355 e. The van der Waals surface area contributed by atoms with Gasteiger partial charge in [0.2, 0.25) is 5.91 Å². The van der Waals surface area contributed by atoms with E-state index < -0.39 is 0 Å². The van der Waals surface area contributed by atoms with Crippen molar-refractivity contribution < 1.29 is 9.59 Å². The van der Waals surface area contributed by atoms with Gasteiger partial charge in [0.15, 0.2) is 0 Å². The van der Waals surface area contributed by atoms with E-state index >= 15 is 0 Å². The zero-order valence-corrected chi connectivity index (χ0v) is 12.8. The maximum absolute atomic E-state index is 12.1. The van der Waals surface area contributed by atoms with Crippen LogP contribution in [0.4, 0.5) is 0 Å². The van der Waals surface area contributed by atoms with Crippen molar-refractivity contribution in [3.05, 3.63) is 27.1 Å². The second-order valence-corrected chi connectivity index (χ2v) is 5.63. The number of fused-ring (bicyclic) bond motifs is 1. The van der Waals surface area contributed by atoms with Crippen LogP contribution in [0.5, 0.6) is 0 Å². The lowest BCUT2D eigenvalue weighted by Crippen LogP contribution is -2.33. The predicted octanol–water partition coefficient (Wildman–Crippen LogP) is 0.169. The summed E-state index contributed by atoms with van der Waals surface area (Å²) < 4.78 is 1.39. The lowest BCUT2D eigenvalue weighted by Gasteiger charge is -2.04. The molecular weight excluding hydrogens is 292 g/mol. The van der Waals surface area contributed by atoms with Crippen molar-refractivity contribution in [2.24, 2.45) is 7.05 Å². The van der Waals surface area contributed by atoms with Crippen molar-refractivity contribution in [1.82, 2.24) is 20.2 Å². The molecule has 0 unspecified atom stereocenters. The Hall–Kier alpha value is -2.22. The van der Waals surface area contributed by atoms with Crippen molar-refractivity contribution in [1.29, 1.82) is 0 Å². The van der Waals surface area contributed by atoms with E-state index in [0.717, 1.165) is 0 Å². The normalized spacial score (nSPS) is 10.6. The van der Waals surface area contributed by atoms with Crippen LogP contribution in [0.15, 0.2) is 11.1 Å². The quantitative estimate of drug-likeness (QED) is 0.787. The molecule has 0 saturated heterocycles. The van der Waals surface area contributed by atoms with E-state index in [1.165, 1.54) is 29.2 Å².